The van der Waals surface area contributed by atoms with Crippen LogP contribution in [-0.2, 0) is 0 Å². The molecule has 2 aromatic heterocycles. The topological polar surface area (TPSA) is 54.9 Å². The molecule has 0 bridgehead atoms. The monoisotopic (exact) mass is 315 g/mol. The van der Waals surface area contributed by atoms with Crippen molar-refractivity contribution in [1.82, 2.24) is 14.6 Å². The Kier molecular flexibility index (Phi) is 3.48. The molecule has 1 unspecified atom stereocenters. The second kappa shape index (κ2) is 5.50. The van der Waals surface area contributed by atoms with Gasteiger partial charge in [-0.25, -0.2) is 9.50 Å². The second-order valence-corrected chi connectivity index (χ2v) is 8.69. The van der Waals surface area contributed by atoms with Gasteiger partial charge in [-0.05, 0) is 67.9 Å². The average Bonchev–Trinajstić information content (AvgIpc) is 3.15. The minimum Gasteiger partial charge on any atom is -0.221 e. The first-order valence-corrected chi connectivity index (χ1v) is 9.36. The number of fused-ring (bicyclic) bond motifs is 1. The number of hydrogen-bond acceptors (Lipinski definition) is 4. The van der Waals surface area contributed by atoms with E-state index in [4.69, 9.17) is 0 Å². The Bertz CT molecular complexity index is 755. The Morgan fingerprint density at radius 1 is 1.18 bits per heavy atom. The fraction of sp³-hybridized carbons (Fsp3) is 0.500. The highest BCUT2D eigenvalue weighted by Crippen LogP contribution is 2.45. The molecule has 0 radical (unpaired) electrons. The molecule has 0 N–H and O–H groups in total. The van der Waals surface area contributed by atoms with Gasteiger partial charge >= 0.3 is 0 Å². The Morgan fingerprint density at radius 3 is 2.73 bits per heavy atom. The van der Waals surface area contributed by atoms with Crippen molar-refractivity contribution in [2.75, 3.05) is 0 Å². The van der Waals surface area contributed by atoms with Crippen LogP contribution in [0.2, 0.25) is 0 Å². The van der Waals surface area contributed by atoms with Crippen molar-refractivity contribution in [2.45, 2.75) is 50.7 Å². The van der Waals surface area contributed by atoms with E-state index in [0.717, 1.165) is 10.9 Å². The molecule has 1 fully saturated rings. The van der Waals surface area contributed by atoms with Crippen molar-refractivity contribution in [3.63, 3.8) is 0 Å². The van der Waals surface area contributed by atoms with Gasteiger partial charge in [0, 0.05) is 6.20 Å². The number of aromatic nitrogens is 3. The molecule has 4 rings (SSSR count). The number of aryl methyl sites for hydroxylation is 1. The summed E-state index contributed by atoms with van der Waals surface area (Å²) in [6.45, 7) is 4.33. The number of pyridine rings is 1. The highest BCUT2D eigenvalue weighted by Gasteiger charge is 2.29. The van der Waals surface area contributed by atoms with Gasteiger partial charge in [0.25, 0.3) is 0 Å². The van der Waals surface area contributed by atoms with Gasteiger partial charge in [-0.15, -0.1) is 5.10 Å². The molecular formula is C16H21N5S. The normalized spacial score (nSPS) is 29.9. The fourth-order valence-electron chi connectivity index (χ4n) is 3.72. The summed E-state index contributed by atoms with van der Waals surface area (Å²) >= 11 is 0. The van der Waals surface area contributed by atoms with Crippen LogP contribution < -0.4 is 0 Å². The molecule has 0 saturated heterocycles. The van der Waals surface area contributed by atoms with E-state index in [-0.39, 0.29) is 10.9 Å². The maximum Gasteiger partial charge on any atom is 0.155 e. The predicted octanol–water partition coefficient (Wildman–Crippen LogP) is 3.44. The third-order valence-electron chi connectivity index (χ3n) is 4.95. The van der Waals surface area contributed by atoms with Crippen molar-refractivity contribution in [3.8, 4) is 0 Å². The third-order valence-corrected chi connectivity index (χ3v) is 7.44. The lowest BCUT2D eigenvalue weighted by Gasteiger charge is -2.33. The molecule has 0 spiro atoms. The highest BCUT2D eigenvalue weighted by molar-refractivity contribution is 8.40. The van der Waals surface area contributed by atoms with Gasteiger partial charge in [-0.1, -0.05) is 0 Å². The van der Waals surface area contributed by atoms with Gasteiger partial charge in [-0.2, -0.15) is 21.1 Å². The molecule has 3 heterocycles. The van der Waals surface area contributed by atoms with E-state index in [1.807, 2.05) is 4.52 Å². The van der Waals surface area contributed by atoms with Crippen molar-refractivity contribution < 1.29 is 0 Å². The molecule has 1 saturated carbocycles. The smallest absolute Gasteiger partial charge is 0.155 e. The van der Waals surface area contributed by atoms with Crippen molar-refractivity contribution in [2.24, 2.45) is 10.2 Å². The molecule has 1 atom stereocenters. The van der Waals surface area contributed by atoms with E-state index in [0.29, 0.717) is 5.92 Å². The molecule has 5 nitrogen and oxygen atoms in total. The highest BCUT2D eigenvalue weighted by atomic mass is 32.2. The Labute approximate surface area is 132 Å². The third kappa shape index (κ3) is 2.35. The standard InChI is InChI=1S/C16H21N5S/c1-11-7-16-17-9-19-21(16)8-15(11)13-3-5-14(6-4-13)22-10-18-20-12(22)2/h7-10,13-14,22H,3-6H2,1-2H3. The average molecular weight is 315 g/mol. The van der Waals surface area contributed by atoms with Crippen molar-refractivity contribution in [3.05, 3.63) is 29.7 Å². The summed E-state index contributed by atoms with van der Waals surface area (Å²) in [4.78, 5) is 4.27. The summed E-state index contributed by atoms with van der Waals surface area (Å²) in [5.74, 6) is 0.650. The van der Waals surface area contributed by atoms with E-state index in [2.05, 4.69) is 51.9 Å². The first kappa shape index (κ1) is 13.9. The van der Waals surface area contributed by atoms with Crippen molar-refractivity contribution >= 4 is 27.1 Å². The molecule has 2 aromatic rings. The zero-order chi connectivity index (χ0) is 15.1. The molecule has 22 heavy (non-hydrogen) atoms. The first-order chi connectivity index (χ1) is 10.7. The predicted molar refractivity (Wildman–Crippen MR) is 93.3 cm³/mol. The van der Waals surface area contributed by atoms with Gasteiger partial charge in [-0.3, -0.25) is 0 Å². The van der Waals surface area contributed by atoms with Crippen molar-refractivity contribution in [1.29, 1.82) is 0 Å². The van der Waals surface area contributed by atoms with E-state index in [9.17, 15) is 0 Å². The number of thiol groups is 1. The van der Waals surface area contributed by atoms with Crippen LogP contribution in [0, 0.1) is 6.92 Å². The molecule has 1 aliphatic carbocycles. The SMILES string of the molecule is CC1=NN=C[SH]1C1CCC(c2cn3ncnc3cc2C)CC1. The van der Waals surface area contributed by atoms with Gasteiger partial charge in [0.05, 0.1) is 10.6 Å². The van der Waals surface area contributed by atoms with E-state index < -0.39 is 0 Å². The summed E-state index contributed by atoms with van der Waals surface area (Å²) < 4.78 is 1.90. The largest absolute Gasteiger partial charge is 0.221 e. The lowest BCUT2D eigenvalue weighted by atomic mass is 9.83. The number of hydrogen-bond donors (Lipinski definition) is 1. The van der Waals surface area contributed by atoms with Crippen LogP contribution >= 0.6 is 10.9 Å². The maximum absolute atomic E-state index is 4.28. The lowest BCUT2D eigenvalue weighted by molar-refractivity contribution is 0.450. The summed E-state index contributed by atoms with van der Waals surface area (Å²) in [5.41, 5.74) is 5.82. The summed E-state index contributed by atoms with van der Waals surface area (Å²) in [6.07, 6.45) is 8.88. The van der Waals surface area contributed by atoms with Gasteiger partial charge < -0.3 is 0 Å². The second-order valence-electron chi connectivity index (χ2n) is 6.27. The van der Waals surface area contributed by atoms with Gasteiger partial charge in [0.15, 0.2) is 5.65 Å². The molecule has 0 amide bonds. The Balaban J connectivity index is 1.51. The number of rotatable bonds is 2. The summed E-state index contributed by atoms with van der Waals surface area (Å²) in [6, 6.07) is 2.15. The molecule has 6 heteroatoms. The van der Waals surface area contributed by atoms with Crippen LogP contribution in [-0.4, -0.2) is 30.4 Å². The minimum absolute atomic E-state index is 0.210. The summed E-state index contributed by atoms with van der Waals surface area (Å²) in [7, 11) is -0.210. The van der Waals surface area contributed by atoms with Crippen LogP contribution in [0.4, 0.5) is 0 Å². The number of nitrogens with zero attached hydrogens (tertiary/aromatic N) is 5. The van der Waals surface area contributed by atoms with Crippen LogP contribution in [0.3, 0.4) is 0 Å². The first-order valence-electron chi connectivity index (χ1n) is 7.88. The van der Waals surface area contributed by atoms with Gasteiger partial charge in [0.1, 0.15) is 6.33 Å². The lowest BCUT2D eigenvalue weighted by Crippen LogP contribution is -2.20. The minimum atomic E-state index is -0.210. The molecule has 116 valence electrons. The molecule has 1 aliphatic heterocycles. The molecule has 2 aliphatic rings. The van der Waals surface area contributed by atoms with Crippen LogP contribution in [0.5, 0.6) is 0 Å². The van der Waals surface area contributed by atoms with Gasteiger partial charge in [0.2, 0.25) is 0 Å². The Morgan fingerprint density at radius 2 is 2.00 bits per heavy atom. The van der Waals surface area contributed by atoms with Crippen LogP contribution in [0.25, 0.3) is 5.65 Å². The zero-order valence-corrected chi connectivity index (χ0v) is 13.9. The maximum atomic E-state index is 4.28. The van der Waals surface area contributed by atoms with Crippen LogP contribution in [0.1, 0.15) is 49.7 Å². The fourth-order valence-corrected chi connectivity index (χ4v) is 5.78. The zero-order valence-electron chi connectivity index (χ0n) is 13.0. The van der Waals surface area contributed by atoms with Crippen LogP contribution in [0.15, 0.2) is 28.8 Å². The molecule has 0 aromatic carbocycles. The quantitative estimate of drug-likeness (QED) is 0.863. The van der Waals surface area contributed by atoms with E-state index in [1.54, 1.807) is 6.33 Å². The van der Waals surface area contributed by atoms with E-state index >= 15 is 0 Å². The summed E-state index contributed by atoms with van der Waals surface area (Å²) in [5, 5.41) is 14.6. The molecular weight excluding hydrogens is 294 g/mol. The van der Waals surface area contributed by atoms with E-state index in [1.165, 1.54) is 41.9 Å². The Hall–Kier alpha value is -1.69.